The van der Waals surface area contributed by atoms with Crippen molar-refractivity contribution >= 4 is 11.9 Å². The van der Waals surface area contributed by atoms with Gasteiger partial charge in [-0.05, 0) is 25.0 Å². The molecule has 0 aliphatic carbocycles. The van der Waals surface area contributed by atoms with Gasteiger partial charge >= 0.3 is 5.97 Å². The molecular weight excluding hydrogens is 256 g/mol. The highest BCUT2D eigenvalue weighted by molar-refractivity contribution is 5.94. The first kappa shape index (κ1) is 15.1. The fraction of sp³-hybridized carbons (Fsp3) is 0.385. The molecule has 1 rings (SSSR count). The Kier molecular flexibility index (Phi) is 4.97. The number of hydrogen-bond acceptors (Lipinski definition) is 2. The van der Waals surface area contributed by atoms with Crippen molar-refractivity contribution in [2.45, 2.75) is 20.3 Å². The maximum atomic E-state index is 13.4. The van der Waals surface area contributed by atoms with Crippen LogP contribution < -0.4 is 5.32 Å². The van der Waals surface area contributed by atoms with Gasteiger partial charge in [-0.3, -0.25) is 9.59 Å². The molecule has 19 heavy (non-hydrogen) atoms. The number of halogens is 2. The molecule has 0 aliphatic rings. The van der Waals surface area contributed by atoms with Gasteiger partial charge in [0.1, 0.15) is 11.6 Å². The molecular formula is C13H15F2NO3. The van der Waals surface area contributed by atoms with Gasteiger partial charge in [0.2, 0.25) is 0 Å². The smallest absolute Gasteiger partial charge is 0.308 e. The second-order valence-electron chi connectivity index (χ2n) is 4.23. The van der Waals surface area contributed by atoms with E-state index in [-0.39, 0.29) is 17.7 Å². The Morgan fingerprint density at radius 2 is 1.95 bits per heavy atom. The van der Waals surface area contributed by atoms with Gasteiger partial charge in [-0.15, -0.1) is 0 Å². The zero-order valence-corrected chi connectivity index (χ0v) is 10.7. The van der Waals surface area contributed by atoms with Gasteiger partial charge in [0, 0.05) is 12.6 Å². The van der Waals surface area contributed by atoms with Gasteiger partial charge in [-0.2, -0.15) is 0 Å². The molecule has 0 aliphatic heterocycles. The van der Waals surface area contributed by atoms with Crippen LogP contribution in [0.1, 0.15) is 29.3 Å². The minimum absolute atomic E-state index is 0.0967. The summed E-state index contributed by atoms with van der Waals surface area (Å²) in [5.41, 5.74) is -0.143. The lowest BCUT2D eigenvalue weighted by Crippen LogP contribution is -2.33. The van der Waals surface area contributed by atoms with Crippen LogP contribution in [0.2, 0.25) is 0 Å². The average Bonchev–Trinajstić information content (AvgIpc) is 2.33. The van der Waals surface area contributed by atoms with E-state index < -0.39 is 29.4 Å². The Morgan fingerprint density at radius 1 is 1.32 bits per heavy atom. The second-order valence-corrected chi connectivity index (χ2v) is 4.23. The van der Waals surface area contributed by atoms with Crippen LogP contribution >= 0.6 is 0 Å². The summed E-state index contributed by atoms with van der Waals surface area (Å²) in [7, 11) is 0. The summed E-state index contributed by atoms with van der Waals surface area (Å²) in [6.45, 7) is 2.99. The molecule has 1 unspecified atom stereocenters. The van der Waals surface area contributed by atoms with Crippen molar-refractivity contribution in [2.24, 2.45) is 5.92 Å². The van der Waals surface area contributed by atoms with Crippen molar-refractivity contribution < 1.29 is 23.5 Å². The third kappa shape index (κ3) is 3.74. The van der Waals surface area contributed by atoms with Crippen LogP contribution in [0.25, 0.3) is 0 Å². The summed E-state index contributed by atoms with van der Waals surface area (Å²) in [4.78, 5) is 22.5. The molecule has 0 saturated heterocycles. The van der Waals surface area contributed by atoms with Crippen LogP contribution in [0.5, 0.6) is 0 Å². The lowest BCUT2D eigenvalue weighted by molar-refractivity contribution is -0.141. The fourth-order valence-corrected chi connectivity index (χ4v) is 1.55. The highest BCUT2D eigenvalue weighted by Crippen LogP contribution is 2.14. The Morgan fingerprint density at radius 3 is 2.47 bits per heavy atom. The van der Waals surface area contributed by atoms with Gasteiger partial charge in [0.25, 0.3) is 5.91 Å². The van der Waals surface area contributed by atoms with E-state index in [4.69, 9.17) is 5.11 Å². The predicted octanol–water partition coefficient (Wildman–Crippen LogP) is 2.11. The number of carboxylic acid groups (broad SMARTS) is 1. The van der Waals surface area contributed by atoms with Gasteiger partial charge < -0.3 is 10.4 Å². The second kappa shape index (κ2) is 6.26. The maximum absolute atomic E-state index is 13.4. The molecule has 0 heterocycles. The van der Waals surface area contributed by atoms with E-state index in [2.05, 4.69) is 5.32 Å². The average molecular weight is 271 g/mol. The Hall–Kier alpha value is -1.98. The Bertz CT molecular complexity index is 503. The Balaban J connectivity index is 2.79. The van der Waals surface area contributed by atoms with Crippen molar-refractivity contribution in [2.75, 3.05) is 6.54 Å². The number of carbonyl (C=O) groups excluding carboxylic acids is 1. The molecule has 0 spiro atoms. The zero-order valence-electron chi connectivity index (χ0n) is 10.7. The minimum atomic E-state index is -1.03. The number of carboxylic acids is 1. The molecule has 0 fully saturated rings. The summed E-state index contributed by atoms with van der Waals surface area (Å²) in [5, 5.41) is 11.2. The minimum Gasteiger partial charge on any atom is -0.481 e. The van der Waals surface area contributed by atoms with Gasteiger partial charge in [-0.25, -0.2) is 8.78 Å². The molecule has 0 bridgehead atoms. The quantitative estimate of drug-likeness (QED) is 0.862. The summed E-state index contributed by atoms with van der Waals surface area (Å²) >= 11 is 0. The summed E-state index contributed by atoms with van der Waals surface area (Å²) in [6, 6.07) is 1.74. The standard InChI is InChI=1S/C13H15F2NO3/c1-3-8(13(18)19)6-16-12(17)9-4-7(2)10(14)5-11(9)15/h4-5,8H,3,6H2,1-2H3,(H,16,17)(H,18,19). The van der Waals surface area contributed by atoms with E-state index in [1.54, 1.807) is 6.92 Å². The van der Waals surface area contributed by atoms with E-state index >= 15 is 0 Å². The number of benzene rings is 1. The van der Waals surface area contributed by atoms with Crippen LogP contribution in [0, 0.1) is 24.5 Å². The highest BCUT2D eigenvalue weighted by atomic mass is 19.1. The first-order valence-electron chi connectivity index (χ1n) is 5.83. The van der Waals surface area contributed by atoms with Crippen LogP contribution in [-0.4, -0.2) is 23.5 Å². The highest BCUT2D eigenvalue weighted by Gasteiger charge is 2.19. The van der Waals surface area contributed by atoms with Crippen molar-refractivity contribution in [3.8, 4) is 0 Å². The zero-order chi connectivity index (χ0) is 14.6. The van der Waals surface area contributed by atoms with Crippen molar-refractivity contribution in [3.63, 3.8) is 0 Å². The first-order chi connectivity index (χ1) is 8.86. The van der Waals surface area contributed by atoms with Crippen LogP contribution in [0.4, 0.5) is 8.78 Å². The molecule has 2 N–H and O–H groups in total. The number of aliphatic carboxylic acids is 1. The number of aryl methyl sites for hydroxylation is 1. The van der Waals surface area contributed by atoms with Crippen LogP contribution in [0.15, 0.2) is 12.1 Å². The molecule has 4 nitrogen and oxygen atoms in total. The number of nitrogens with one attached hydrogen (secondary N) is 1. The van der Waals surface area contributed by atoms with E-state index in [1.165, 1.54) is 6.92 Å². The van der Waals surface area contributed by atoms with Crippen molar-refractivity contribution in [3.05, 3.63) is 34.9 Å². The molecule has 0 radical (unpaired) electrons. The lowest BCUT2D eigenvalue weighted by atomic mass is 10.1. The van der Waals surface area contributed by atoms with Crippen LogP contribution in [0.3, 0.4) is 0 Å². The van der Waals surface area contributed by atoms with Gasteiger partial charge in [-0.1, -0.05) is 6.92 Å². The van der Waals surface area contributed by atoms with E-state index in [0.29, 0.717) is 12.5 Å². The molecule has 1 atom stereocenters. The molecule has 1 amide bonds. The van der Waals surface area contributed by atoms with Crippen molar-refractivity contribution in [1.82, 2.24) is 5.32 Å². The SMILES string of the molecule is CCC(CNC(=O)c1cc(C)c(F)cc1F)C(=O)O. The molecule has 1 aromatic rings. The fourth-order valence-electron chi connectivity index (χ4n) is 1.55. The van der Waals surface area contributed by atoms with E-state index in [9.17, 15) is 18.4 Å². The van der Waals surface area contributed by atoms with Gasteiger partial charge in [0.05, 0.1) is 11.5 Å². The molecule has 0 saturated carbocycles. The molecule has 0 aromatic heterocycles. The topological polar surface area (TPSA) is 66.4 Å². The number of rotatable bonds is 5. The Labute approximate surface area is 109 Å². The first-order valence-corrected chi connectivity index (χ1v) is 5.83. The number of hydrogen-bond donors (Lipinski definition) is 2. The number of carbonyl (C=O) groups is 2. The third-order valence-corrected chi connectivity index (χ3v) is 2.84. The predicted molar refractivity (Wildman–Crippen MR) is 64.8 cm³/mol. The molecule has 6 heteroatoms. The lowest BCUT2D eigenvalue weighted by Gasteiger charge is -2.12. The number of amides is 1. The molecule has 1 aromatic carbocycles. The maximum Gasteiger partial charge on any atom is 0.308 e. The largest absolute Gasteiger partial charge is 0.481 e. The summed E-state index contributed by atoms with van der Waals surface area (Å²) < 4.78 is 26.5. The monoisotopic (exact) mass is 271 g/mol. The van der Waals surface area contributed by atoms with E-state index in [0.717, 1.165) is 6.07 Å². The third-order valence-electron chi connectivity index (χ3n) is 2.84. The summed E-state index contributed by atoms with van der Waals surface area (Å²) in [5.74, 6) is -4.21. The van der Waals surface area contributed by atoms with Gasteiger partial charge in [0.15, 0.2) is 0 Å². The van der Waals surface area contributed by atoms with Crippen LogP contribution in [-0.2, 0) is 4.79 Å². The van der Waals surface area contributed by atoms with Crippen molar-refractivity contribution in [1.29, 1.82) is 0 Å². The summed E-state index contributed by atoms with van der Waals surface area (Å²) in [6.07, 6.45) is 0.348. The van der Waals surface area contributed by atoms with E-state index in [1.807, 2.05) is 0 Å². The normalized spacial score (nSPS) is 12.0. The molecule has 104 valence electrons.